The van der Waals surface area contributed by atoms with Crippen molar-refractivity contribution in [1.82, 2.24) is 15.2 Å². The van der Waals surface area contributed by atoms with Crippen molar-refractivity contribution < 1.29 is 4.79 Å². The summed E-state index contributed by atoms with van der Waals surface area (Å²) in [7, 11) is 1.91. The summed E-state index contributed by atoms with van der Waals surface area (Å²) in [5.41, 5.74) is 7.23. The molecule has 1 aliphatic carbocycles. The molecule has 2 atom stereocenters. The monoisotopic (exact) mass is 388 g/mol. The maximum atomic E-state index is 12.6. The molecule has 2 aromatic carbocycles. The van der Waals surface area contributed by atoms with Gasteiger partial charge in [0.25, 0.3) is 0 Å². The van der Waals surface area contributed by atoms with Gasteiger partial charge < -0.3 is 0 Å². The molecule has 1 aliphatic rings. The first-order valence-corrected chi connectivity index (χ1v) is 10.0. The SMILES string of the molecule is Cn1ncc2ccc(/C=N/NC(=O)C3CC3(C)c3ccc(C(C)(C)C)cc3)cc21. The Kier molecular flexibility index (Phi) is 4.56. The molecule has 150 valence electrons. The highest BCUT2D eigenvalue weighted by atomic mass is 16.2. The van der Waals surface area contributed by atoms with E-state index in [4.69, 9.17) is 0 Å². The lowest BCUT2D eigenvalue weighted by Crippen LogP contribution is -2.23. The fraction of sp³-hybridized carbons (Fsp3) is 0.375. The Labute approximate surface area is 171 Å². The second kappa shape index (κ2) is 6.83. The number of amides is 1. The van der Waals surface area contributed by atoms with E-state index < -0.39 is 0 Å². The van der Waals surface area contributed by atoms with Gasteiger partial charge in [-0.25, -0.2) is 5.43 Å². The van der Waals surface area contributed by atoms with Gasteiger partial charge in [0.05, 0.1) is 23.8 Å². The van der Waals surface area contributed by atoms with Gasteiger partial charge in [0.2, 0.25) is 5.91 Å². The standard InChI is InChI=1S/C24H28N4O/c1-23(2,3)18-8-10-19(11-9-18)24(4)13-20(24)22(29)27-25-14-16-6-7-17-15-26-28(5)21(17)12-16/h6-12,14-15,20H,13H2,1-5H3,(H,27,29)/b25-14+. The molecule has 1 fully saturated rings. The van der Waals surface area contributed by atoms with E-state index in [0.29, 0.717) is 0 Å². The lowest BCUT2D eigenvalue weighted by Gasteiger charge is -2.20. The van der Waals surface area contributed by atoms with Gasteiger partial charge in [0.15, 0.2) is 0 Å². The first-order valence-electron chi connectivity index (χ1n) is 10.0. The highest BCUT2D eigenvalue weighted by Crippen LogP contribution is 2.54. The summed E-state index contributed by atoms with van der Waals surface area (Å²) >= 11 is 0. The summed E-state index contributed by atoms with van der Waals surface area (Å²) in [5, 5.41) is 9.50. The summed E-state index contributed by atoms with van der Waals surface area (Å²) in [6.07, 6.45) is 4.37. The molecule has 3 aromatic rings. The van der Waals surface area contributed by atoms with Crippen LogP contribution in [0.1, 0.15) is 50.8 Å². The van der Waals surface area contributed by atoms with Crippen molar-refractivity contribution in [3.8, 4) is 0 Å². The predicted molar refractivity (Wildman–Crippen MR) is 117 cm³/mol. The smallest absolute Gasteiger partial charge is 0.244 e. The van der Waals surface area contributed by atoms with Crippen LogP contribution in [0.4, 0.5) is 0 Å². The molecule has 0 aliphatic heterocycles. The van der Waals surface area contributed by atoms with Gasteiger partial charge in [0, 0.05) is 17.8 Å². The van der Waals surface area contributed by atoms with Crippen LogP contribution < -0.4 is 5.43 Å². The topological polar surface area (TPSA) is 59.3 Å². The molecule has 5 heteroatoms. The van der Waals surface area contributed by atoms with Crippen LogP contribution in [0, 0.1) is 5.92 Å². The normalized spacial score (nSPS) is 21.6. The number of carbonyl (C=O) groups excluding carboxylic acids is 1. The second-order valence-electron chi connectivity index (χ2n) is 9.32. The van der Waals surface area contributed by atoms with E-state index in [1.165, 1.54) is 11.1 Å². The number of aryl methyl sites for hydroxylation is 1. The van der Waals surface area contributed by atoms with Crippen LogP contribution in [-0.2, 0) is 22.7 Å². The molecule has 2 unspecified atom stereocenters. The number of carbonyl (C=O) groups is 1. The zero-order chi connectivity index (χ0) is 20.8. The number of benzene rings is 2. The van der Waals surface area contributed by atoms with Crippen LogP contribution >= 0.6 is 0 Å². The second-order valence-corrected chi connectivity index (χ2v) is 9.32. The number of nitrogens with zero attached hydrogens (tertiary/aromatic N) is 3. The minimum absolute atomic E-state index is 0.0229. The Bertz CT molecular complexity index is 1090. The predicted octanol–water partition coefficient (Wildman–Crippen LogP) is 4.30. The molecule has 0 bridgehead atoms. The van der Waals surface area contributed by atoms with Crippen LogP contribution in [0.3, 0.4) is 0 Å². The molecule has 1 heterocycles. The minimum Gasteiger partial charge on any atom is -0.273 e. The van der Waals surface area contributed by atoms with Crippen LogP contribution in [0.15, 0.2) is 53.8 Å². The molecule has 29 heavy (non-hydrogen) atoms. The molecule has 4 rings (SSSR count). The van der Waals surface area contributed by atoms with Gasteiger partial charge >= 0.3 is 0 Å². The van der Waals surface area contributed by atoms with Gasteiger partial charge in [-0.1, -0.05) is 64.1 Å². The molecule has 1 saturated carbocycles. The summed E-state index contributed by atoms with van der Waals surface area (Å²) in [4.78, 5) is 12.6. The zero-order valence-corrected chi connectivity index (χ0v) is 17.7. The maximum absolute atomic E-state index is 12.6. The summed E-state index contributed by atoms with van der Waals surface area (Å²) in [6, 6.07) is 14.7. The van der Waals surface area contributed by atoms with Gasteiger partial charge in [-0.2, -0.15) is 10.2 Å². The first-order chi connectivity index (χ1) is 13.7. The Morgan fingerprint density at radius 2 is 1.97 bits per heavy atom. The minimum atomic E-state index is -0.108. The highest BCUT2D eigenvalue weighted by molar-refractivity contribution is 5.90. The zero-order valence-electron chi connectivity index (χ0n) is 17.7. The third-order valence-corrected chi connectivity index (χ3v) is 6.13. The van der Waals surface area contributed by atoms with Crippen LogP contribution in [0.5, 0.6) is 0 Å². The number of aromatic nitrogens is 2. The summed E-state index contributed by atoms with van der Waals surface area (Å²) in [5.74, 6) is -0.0649. The van der Waals surface area contributed by atoms with Crippen molar-refractivity contribution in [2.45, 2.75) is 44.9 Å². The van der Waals surface area contributed by atoms with E-state index in [0.717, 1.165) is 22.9 Å². The Morgan fingerprint density at radius 3 is 2.66 bits per heavy atom. The van der Waals surface area contributed by atoms with Crippen molar-refractivity contribution in [3.63, 3.8) is 0 Å². The number of hydrazone groups is 1. The average Bonchev–Trinajstić information content (AvgIpc) is 3.26. The van der Waals surface area contributed by atoms with Crippen molar-refractivity contribution in [1.29, 1.82) is 0 Å². The fourth-order valence-electron chi connectivity index (χ4n) is 3.91. The van der Waals surface area contributed by atoms with E-state index in [1.54, 1.807) is 6.21 Å². The van der Waals surface area contributed by atoms with Gasteiger partial charge in [-0.05, 0) is 34.6 Å². The number of fused-ring (bicyclic) bond motifs is 1. The lowest BCUT2D eigenvalue weighted by atomic mass is 9.85. The molecule has 1 amide bonds. The van der Waals surface area contributed by atoms with Gasteiger partial charge in [0.1, 0.15) is 0 Å². The van der Waals surface area contributed by atoms with Gasteiger partial charge in [-0.15, -0.1) is 0 Å². The summed E-state index contributed by atoms with van der Waals surface area (Å²) in [6.45, 7) is 8.78. The largest absolute Gasteiger partial charge is 0.273 e. The third-order valence-electron chi connectivity index (χ3n) is 6.13. The Morgan fingerprint density at radius 1 is 1.24 bits per heavy atom. The van der Waals surface area contributed by atoms with Gasteiger partial charge in [-0.3, -0.25) is 9.48 Å². The summed E-state index contributed by atoms with van der Waals surface area (Å²) < 4.78 is 1.83. The number of rotatable bonds is 4. The molecular weight excluding hydrogens is 360 g/mol. The van der Waals surface area contributed by atoms with Crippen LogP contribution in [0.2, 0.25) is 0 Å². The van der Waals surface area contributed by atoms with E-state index in [-0.39, 0.29) is 22.7 Å². The molecule has 5 nitrogen and oxygen atoms in total. The number of hydrogen-bond donors (Lipinski definition) is 1. The van der Waals surface area contributed by atoms with Crippen LogP contribution in [0.25, 0.3) is 10.9 Å². The third kappa shape index (κ3) is 3.69. The van der Waals surface area contributed by atoms with Crippen molar-refractivity contribution in [2.75, 3.05) is 0 Å². The quantitative estimate of drug-likeness (QED) is 0.535. The lowest BCUT2D eigenvalue weighted by molar-refractivity contribution is -0.122. The van der Waals surface area contributed by atoms with Crippen LogP contribution in [-0.4, -0.2) is 21.9 Å². The molecule has 1 aromatic heterocycles. The van der Waals surface area contributed by atoms with E-state index in [1.807, 2.05) is 36.1 Å². The molecule has 0 spiro atoms. The average molecular weight is 389 g/mol. The fourth-order valence-corrected chi connectivity index (χ4v) is 3.91. The van der Waals surface area contributed by atoms with E-state index >= 15 is 0 Å². The van der Waals surface area contributed by atoms with Crippen molar-refractivity contribution >= 4 is 23.0 Å². The van der Waals surface area contributed by atoms with E-state index in [2.05, 4.69) is 67.6 Å². The highest BCUT2D eigenvalue weighted by Gasteiger charge is 2.55. The molecule has 1 N–H and O–H groups in total. The van der Waals surface area contributed by atoms with Crippen molar-refractivity contribution in [3.05, 3.63) is 65.4 Å². The number of nitrogens with one attached hydrogen (secondary N) is 1. The maximum Gasteiger partial charge on any atom is 0.244 e. The molecule has 0 radical (unpaired) electrons. The molecule has 0 saturated heterocycles. The van der Waals surface area contributed by atoms with Crippen molar-refractivity contribution in [2.24, 2.45) is 18.1 Å². The Hall–Kier alpha value is -2.95. The number of hydrogen-bond acceptors (Lipinski definition) is 3. The first kappa shape index (κ1) is 19.4. The molecular formula is C24H28N4O. The van der Waals surface area contributed by atoms with E-state index in [9.17, 15) is 4.79 Å². The Balaban J connectivity index is 1.40.